The van der Waals surface area contributed by atoms with E-state index in [0.29, 0.717) is 11.4 Å². The molecule has 0 aliphatic heterocycles. The van der Waals surface area contributed by atoms with Gasteiger partial charge in [0.15, 0.2) is 0 Å². The molecule has 0 atom stereocenters. The van der Waals surface area contributed by atoms with Crippen molar-refractivity contribution in [2.45, 2.75) is 11.3 Å². The number of nitrogens with two attached hydrogens (primary N) is 1. The number of halogens is 1. The zero-order valence-corrected chi connectivity index (χ0v) is 15.3. The summed E-state index contributed by atoms with van der Waals surface area (Å²) in [6, 6.07) is 16.6. The highest BCUT2D eigenvalue weighted by Crippen LogP contribution is 2.28. The van der Waals surface area contributed by atoms with Gasteiger partial charge in [-0.15, -0.1) is 11.8 Å². The van der Waals surface area contributed by atoms with E-state index < -0.39 is 0 Å². The molecule has 3 aromatic rings. The maximum absolute atomic E-state index is 12.6. The van der Waals surface area contributed by atoms with Gasteiger partial charge in [0.2, 0.25) is 5.91 Å². The van der Waals surface area contributed by atoms with Gasteiger partial charge >= 0.3 is 0 Å². The van der Waals surface area contributed by atoms with Crippen LogP contribution >= 0.6 is 23.4 Å². The van der Waals surface area contributed by atoms with Crippen molar-refractivity contribution in [1.29, 1.82) is 0 Å². The first-order chi connectivity index (χ1) is 12.5. The number of carbonyl (C=O) groups is 2. The number of hydrogen-bond acceptors (Lipinski definition) is 4. The predicted molar refractivity (Wildman–Crippen MR) is 106 cm³/mol. The predicted octanol–water partition coefficient (Wildman–Crippen LogP) is 4.11. The second kappa shape index (κ2) is 8.21. The van der Waals surface area contributed by atoms with E-state index in [4.69, 9.17) is 17.3 Å². The molecule has 0 saturated carbocycles. The third-order valence-corrected chi connectivity index (χ3v) is 5.03. The van der Waals surface area contributed by atoms with Gasteiger partial charge in [-0.3, -0.25) is 9.59 Å². The number of hydrogen-bond donors (Lipinski definition) is 2. The number of fused-ring (bicyclic) bond motifs is 1. The molecule has 0 aliphatic rings. The molecule has 1 heterocycles. The Morgan fingerprint density at radius 3 is 2.65 bits per heavy atom. The maximum atomic E-state index is 12.6. The lowest BCUT2D eigenvalue weighted by atomic mass is 10.1. The Kier molecular flexibility index (Phi) is 5.75. The summed E-state index contributed by atoms with van der Waals surface area (Å²) in [5, 5.41) is 4.80. The summed E-state index contributed by atoms with van der Waals surface area (Å²) in [4.78, 5) is 28.6. The van der Waals surface area contributed by atoms with Gasteiger partial charge in [0, 0.05) is 22.5 Å². The van der Waals surface area contributed by atoms with Crippen LogP contribution in [0.2, 0.25) is 5.15 Å². The van der Waals surface area contributed by atoms with Gasteiger partial charge in [-0.05, 0) is 23.6 Å². The summed E-state index contributed by atoms with van der Waals surface area (Å²) in [7, 11) is 0. The van der Waals surface area contributed by atoms with Gasteiger partial charge < -0.3 is 11.1 Å². The van der Waals surface area contributed by atoms with Crippen LogP contribution in [0, 0.1) is 0 Å². The van der Waals surface area contributed by atoms with Crippen LogP contribution in [0.4, 0.5) is 5.69 Å². The smallest absolute Gasteiger partial charge is 0.274 e. The number of nitrogens with one attached hydrogen (secondary N) is 1. The zero-order chi connectivity index (χ0) is 18.5. The Bertz CT molecular complexity index is 978. The summed E-state index contributed by atoms with van der Waals surface area (Å²) >= 11 is 7.66. The Morgan fingerprint density at radius 1 is 1.12 bits per heavy atom. The van der Waals surface area contributed by atoms with Gasteiger partial charge in [0.05, 0.1) is 5.69 Å². The minimum Gasteiger partial charge on any atom is -0.370 e. The monoisotopic (exact) mass is 385 g/mol. The molecule has 1 aromatic heterocycles. The largest absolute Gasteiger partial charge is 0.370 e. The maximum Gasteiger partial charge on any atom is 0.274 e. The molecule has 2 amide bonds. The van der Waals surface area contributed by atoms with Crippen LogP contribution in [0.1, 0.15) is 16.9 Å². The number of rotatable bonds is 6. The third kappa shape index (κ3) is 4.33. The van der Waals surface area contributed by atoms with Crippen LogP contribution in [0.3, 0.4) is 0 Å². The Morgan fingerprint density at radius 2 is 1.85 bits per heavy atom. The molecule has 0 aliphatic carbocycles. The van der Waals surface area contributed by atoms with Gasteiger partial charge in [-0.25, -0.2) is 4.98 Å². The highest BCUT2D eigenvalue weighted by molar-refractivity contribution is 7.99. The lowest BCUT2D eigenvalue weighted by Crippen LogP contribution is -2.14. The number of carbonyl (C=O) groups excluding carboxylic acids is 2. The van der Waals surface area contributed by atoms with E-state index in [-0.39, 0.29) is 29.1 Å². The van der Waals surface area contributed by atoms with E-state index in [0.717, 1.165) is 15.7 Å². The number of aromatic nitrogens is 1. The van der Waals surface area contributed by atoms with Crippen LogP contribution in [0.15, 0.2) is 59.5 Å². The molecule has 0 radical (unpaired) electrons. The van der Waals surface area contributed by atoms with Crippen molar-refractivity contribution in [2.75, 3.05) is 11.1 Å². The van der Waals surface area contributed by atoms with E-state index >= 15 is 0 Å². The van der Waals surface area contributed by atoms with Gasteiger partial charge in [-0.1, -0.05) is 48.0 Å². The summed E-state index contributed by atoms with van der Waals surface area (Å²) in [5.74, 6) is -0.156. The first kappa shape index (κ1) is 18.2. The SMILES string of the molecule is NC(=O)CCSc1ccccc1NC(=O)c1cc2ccccc2c(Cl)n1. The molecule has 0 spiro atoms. The van der Waals surface area contributed by atoms with Crippen LogP contribution in [-0.2, 0) is 4.79 Å². The van der Waals surface area contributed by atoms with Crippen molar-refractivity contribution in [3.8, 4) is 0 Å². The van der Waals surface area contributed by atoms with Crippen molar-refractivity contribution < 1.29 is 9.59 Å². The van der Waals surface area contributed by atoms with Crippen LogP contribution in [0.25, 0.3) is 10.8 Å². The van der Waals surface area contributed by atoms with Crippen molar-refractivity contribution in [1.82, 2.24) is 4.98 Å². The van der Waals surface area contributed by atoms with Crippen molar-refractivity contribution in [2.24, 2.45) is 5.73 Å². The number of primary amides is 1. The highest BCUT2D eigenvalue weighted by Gasteiger charge is 2.13. The molecule has 0 unspecified atom stereocenters. The molecule has 5 nitrogen and oxygen atoms in total. The highest BCUT2D eigenvalue weighted by atomic mass is 35.5. The van der Waals surface area contributed by atoms with E-state index in [1.807, 2.05) is 42.5 Å². The molecule has 26 heavy (non-hydrogen) atoms. The number of thioether (sulfide) groups is 1. The summed E-state index contributed by atoms with van der Waals surface area (Å²) in [6.07, 6.45) is 0.273. The Balaban J connectivity index is 1.81. The number of anilines is 1. The molecular formula is C19H16ClN3O2S. The van der Waals surface area contributed by atoms with Crippen molar-refractivity contribution in [3.63, 3.8) is 0 Å². The summed E-state index contributed by atoms with van der Waals surface area (Å²) in [6.45, 7) is 0. The van der Waals surface area contributed by atoms with Crippen molar-refractivity contribution in [3.05, 3.63) is 65.4 Å². The fourth-order valence-electron chi connectivity index (χ4n) is 2.42. The molecule has 7 heteroatoms. The molecule has 0 fully saturated rings. The van der Waals surface area contributed by atoms with Gasteiger partial charge in [0.1, 0.15) is 10.8 Å². The lowest BCUT2D eigenvalue weighted by molar-refractivity contribution is -0.117. The topological polar surface area (TPSA) is 85.1 Å². The second-order valence-corrected chi connectivity index (χ2v) is 7.03. The average molecular weight is 386 g/mol. The van der Waals surface area contributed by atoms with Gasteiger partial charge in [-0.2, -0.15) is 0 Å². The first-order valence-electron chi connectivity index (χ1n) is 7.91. The molecule has 3 rings (SSSR count). The fraction of sp³-hybridized carbons (Fsp3) is 0.105. The zero-order valence-electron chi connectivity index (χ0n) is 13.7. The number of pyridine rings is 1. The quantitative estimate of drug-likeness (QED) is 0.494. The van der Waals surface area contributed by atoms with Crippen LogP contribution in [0.5, 0.6) is 0 Å². The minimum absolute atomic E-state index is 0.241. The van der Waals surface area contributed by atoms with E-state index in [9.17, 15) is 9.59 Å². The Labute approximate surface area is 159 Å². The van der Waals surface area contributed by atoms with E-state index in [1.165, 1.54) is 11.8 Å². The molecule has 0 bridgehead atoms. The minimum atomic E-state index is -0.353. The molecule has 2 aromatic carbocycles. The van der Waals surface area contributed by atoms with E-state index in [1.54, 1.807) is 12.1 Å². The summed E-state index contributed by atoms with van der Waals surface area (Å²) in [5.41, 5.74) is 6.06. The second-order valence-electron chi connectivity index (χ2n) is 5.53. The molecule has 132 valence electrons. The molecule has 3 N–H and O–H groups in total. The standard InChI is InChI=1S/C19H16ClN3O2S/c20-18-13-6-2-1-5-12(13)11-15(22-18)19(25)23-14-7-3-4-8-16(14)26-10-9-17(21)24/h1-8,11H,9-10H2,(H2,21,24)(H,23,25). The van der Waals surface area contributed by atoms with E-state index in [2.05, 4.69) is 10.3 Å². The molecule has 0 saturated heterocycles. The third-order valence-electron chi connectivity index (χ3n) is 3.67. The fourth-order valence-corrected chi connectivity index (χ4v) is 3.65. The van der Waals surface area contributed by atoms with Crippen LogP contribution in [-0.4, -0.2) is 22.6 Å². The number of para-hydroxylation sites is 1. The molecular weight excluding hydrogens is 370 g/mol. The number of benzene rings is 2. The summed E-state index contributed by atoms with van der Waals surface area (Å²) < 4.78 is 0. The Hall–Kier alpha value is -2.57. The number of nitrogens with zero attached hydrogens (tertiary/aromatic N) is 1. The van der Waals surface area contributed by atoms with Crippen LogP contribution < -0.4 is 11.1 Å². The normalized spacial score (nSPS) is 10.7. The number of amides is 2. The van der Waals surface area contributed by atoms with Crippen molar-refractivity contribution >= 4 is 51.6 Å². The van der Waals surface area contributed by atoms with Gasteiger partial charge in [0.25, 0.3) is 5.91 Å². The first-order valence-corrected chi connectivity index (χ1v) is 9.28. The lowest BCUT2D eigenvalue weighted by Gasteiger charge is -2.11. The average Bonchev–Trinajstić information content (AvgIpc) is 2.63.